The molecule has 0 bridgehead atoms. The van der Waals surface area contributed by atoms with Gasteiger partial charge in [-0.3, -0.25) is 9.59 Å². The quantitative estimate of drug-likeness (QED) is 0.158. The molecule has 2 fully saturated rings. The molecule has 8 nitrogen and oxygen atoms in total. The fourth-order valence-electron chi connectivity index (χ4n) is 3.16. The summed E-state index contributed by atoms with van der Waals surface area (Å²) >= 11 is 3.74. The lowest BCUT2D eigenvalue weighted by atomic mass is 9.96. The van der Waals surface area contributed by atoms with E-state index in [1.54, 1.807) is 24.7 Å². The molecule has 0 aromatic heterocycles. The largest absolute Gasteiger partial charge is 0.480 e. The van der Waals surface area contributed by atoms with Gasteiger partial charge in [-0.05, 0) is 24.7 Å². The number of aliphatic carboxylic acids is 1. The number of esters is 1. The molecule has 3 rings (SSSR count). The lowest BCUT2D eigenvalue weighted by molar-refractivity contribution is -0.161. The first-order chi connectivity index (χ1) is 13.2. The van der Waals surface area contributed by atoms with Gasteiger partial charge in [-0.2, -0.15) is 0 Å². The Morgan fingerprint density at radius 2 is 2.00 bits per heavy atom. The van der Waals surface area contributed by atoms with Crippen LogP contribution in [0.3, 0.4) is 0 Å². The Bertz CT molecular complexity index is 812. The van der Waals surface area contributed by atoms with Crippen LogP contribution >= 0.6 is 35.3 Å². The molecule has 2 N–H and O–H groups in total. The van der Waals surface area contributed by atoms with Crippen molar-refractivity contribution in [3.63, 3.8) is 0 Å². The molecule has 0 radical (unpaired) electrons. The number of carbonyl (C=O) groups is 4. The maximum atomic E-state index is 12.8. The molecule has 0 aliphatic carbocycles. The van der Waals surface area contributed by atoms with Crippen LogP contribution in [0.25, 0.3) is 0 Å². The second-order valence-corrected chi connectivity index (χ2v) is 10.5. The highest BCUT2D eigenvalue weighted by Crippen LogP contribution is 2.51. The third-order valence-corrected chi connectivity index (χ3v) is 8.04. The fourth-order valence-corrected chi connectivity index (χ4v) is 6.62. The normalized spacial score (nSPS) is 27.1. The van der Waals surface area contributed by atoms with Crippen LogP contribution in [0.5, 0.6) is 0 Å². The molecule has 3 aliphatic heterocycles. The smallest absolute Gasteiger partial charge is 0.345 e. The predicted octanol–water partition coefficient (Wildman–Crippen LogP) is 1.51. The molecule has 1 unspecified atom stereocenters. The van der Waals surface area contributed by atoms with E-state index >= 15 is 0 Å². The highest BCUT2D eigenvalue weighted by Gasteiger charge is 2.64. The van der Waals surface area contributed by atoms with Gasteiger partial charge in [0.25, 0.3) is 5.91 Å². The predicted molar refractivity (Wildman–Crippen MR) is 108 cm³/mol. The highest BCUT2D eigenvalue weighted by molar-refractivity contribution is 8.27. The number of nitrogens with zero attached hydrogens (tertiary/aromatic N) is 1. The lowest BCUT2D eigenvalue weighted by Crippen LogP contribution is -2.70. The number of fused-ring (bicyclic) bond motifs is 1. The summed E-state index contributed by atoms with van der Waals surface area (Å²) in [6, 6.07) is -1.86. The third kappa shape index (κ3) is 3.58. The minimum Gasteiger partial charge on any atom is -0.480 e. The second-order valence-electron chi connectivity index (χ2n) is 6.61. The molecule has 28 heavy (non-hydrogen) atoms. The highest BCUT2D eigenvalue weighted by atomic mass is 32.2. The molecular weight excluding hydrogens is 424 g/mol. The summed E-state index contributed by atoms with van der Waals surface area (Å²) < 4.78 is 4.77. The van der Waals surface area contributed by atoms with Gasteiger partial charge >= 0.3 is 11.9 Å². The van der Waals surface area contributed by atoms with Crippen molar-refractivity contribution in [1.82, 2.24) is 10.2 Å². The molecule has 3 atom stereocenters. The van der Waals surface area contributed by atoms with Crippen molar-refractivity contribution in [3.8, 4) is 0 Å². The van der Waals surface area contributed by atoms with Crippen LogP contribution in [-0.2, 0) is 23.9 Å². The fraction of sp³-hybridized carbons (Fsp3) is 0.412. The van der Waals surface area contributed by atoms with E-state index < -0.39 is 46.0 Å². The van der Waals surface area contributed by atoms with Crippen LogP contribution in [0.2, 0.25) is 0 Å². The average Bonchev–Trinajstić information content (AvgIpc) is 3.22. The van der Waals surface area contributed by atoms with Crippen molar-refractivity contribution in [2.45, 2.75) is 36.1 Å². The van der Waals surface area contributed by atoms with E-state index in [0.717, 1.165) is 0 Å². The van der Waals surface area contributed by atoms with Gasteiger partial charge < -0.3 is 20.1 Å². The number of carbonyl (C=O) groups excluding carboxylic acids is 3. The Labute approximate surface area is 174 Å². The average molecular weight is 443 g/mol. The third-order valence-electron chi connectivity index (χ3n) is 4.33. The number of β-lactam (4-membered cyclic amide) rings is 1. The molecule has 0 saturated carbocycles. The van der Waals surface area contributed by atoms with Crippen molar-refractivity contribution in [2.24, 2.45) is 0 Å². The SMILES string of the molecule is C=CCOC(=O)C(C(=O)N[C@@H]1C(=O)N2C(C(=O)O)C(C)(C)S[C@H]12)=C1SC=CS1. The first kappa shape index (κ1) is 20.9. The summed E-state index contributed by atoms with van der Waals surface area (Å²) in [5.41, 5.74) is -0.176. The number of thioether (sulfide) groups is 3. The van der Waals surface area contributed by atoms with Gasteiger partial charge in [-0.15, -0.1) is 11.8 Å². The zero-order valence-corrected chi connectivity index (χ0v) is 17.5. The Hall–Kier alpha value is -1.85. The lowest BCUT2D eigenvalue weighted by Gasteiger charge is -2.43. The molecule has 3 aliphatic rings. The van der Waals surface area contributed by atoms with E-state index in [9.17, 15) is 24.3 Å². The number of hydrogen-bond donors (Lipinski definition) is 2. The summed E-state index contributed by atoms with van der Waals surface area (Å²) in [5.74, 6) is -3.08. The van der Waals surface area contributed by atoms with Gasteiger partial charge in [-0.1, -0.05) is 36.2 Å². The van der Waals surface area contributed by atoms with Crippen LogP contribution < -0.4 is 5.32 Å². The second kappa shape index (κ2) is 7.88. The van der Waals surface area contributed by atoms with E-state index in [2.05, 4.69) is 11.9 Å². The first-order valence-electron chi connectivity index (χ1n) is 8.23. The number of ether oxygens (including phenoxy) is 1. The molecule has 11 heteroatoms. The number of carboxylic acids is 1. The number of carboxylic acid groups (broad SMARTS) is 1. The van der Waals surface area contributed by atoms with Crippen molar-refractivity contribution >= 4 is 59.0 Å². The van der Waals surface area contributed by atoms with Gasteiger partial charge in [-0.25, -0.2) is 9.59 Å². The van der Waals surface area contributed by atoms with Gasteiger partial charge in [0.2, 0.25) is 5.91 Å². The van der Waals surface area contributed by atoms with E-state index in [-0.39, 0.29) is 12.2 Å². The van der Waals surface area contributed by atoms with Crippen molar-refractivity contribution in [3.05, 3.63) is 33.3 Å². The van der Waals surface area contributed by atoms with Gasteiger partial charge in [0.15, 0.2) is 0 Å². The molecule has 2 saturated heterocycles. The Kier molecular flexibility index (Phi) is 5.87. The maximum Gasteiger partial charge on any atom is 0.345 e. The number of nitrogens with one attached hydrogen (secondary N) is 1. The Balaban J connectivity index is 1.78. The summed E-state index contributed by atoms with van der Waals surface area (Å²) in [6.45, 7) is 6.92. The zero-order chi connectivity index (χ0) is 20.6. The van der Waals surface area contributed by atoms with Gasteiger partial charge in [0, 0.05) is 4.75 Å². The monoisotopic (exact) mass is 442 g/mol. The molecular formula is C17H18N2O6S3. The van der Waals surface area contributed by atoms with Crippen LogP contribution in [0.1, 0.15) is 13.8 Å². The molecule has 0 spiro atoms. The van der Waals surface area contributed by atoms with Gasteiger partial charge in [0.1, 0.15) is 29.6 Å². The summed E-state index contributed by atoms with van der Waals surface area (Å²) in [5, 5.41) is 15.0. The topological polar surface area (TPSA) is 113 Å². The molecule has 0 aromatic rings. The van der Waals surface area contributed by atoms with Crippen molar-refractivity contribution < 1.29 is 29.0 Å². The first-order valence-corrected chi connectivity index (χ1v) is 10.9. The maximum absolute atomic E-state index is 12.8. The standard InChI is InChI=1S/C17H18N2O6S3/c1-4-5-25-15(24)8(16-26-6-7-27-16)11(20)18-9-12(21)19-10(14(22)23)17(2,3)28-13(9)19/h4,6-7,9-10,13H,1,5H2,2-3H3,(H,18,20)(H,22,23)/t9-,10?,13-/m1/s1. The van der Waals surface area contributed by atoms with E-state index in [1.165, 1.54) is 46.3 Å². The minimum absolute atomic E-state index is 0.0469. The summed E-state index contributed by atoms with van der Waals surface area (Å²) in [7, 11) is 0. The van der Waals surface area contributed by atoms with E-state index in [1.807, 2.05) is 0 Å². The molecule has 2 amide bonds. The molecule has 0 aromatic carbocycles. The summed E-state index contributed by atoms with van der Waals surface area (Å²) in [4.78, 5) is 50.5. The number of hydrogen-bond acceptors (Lipinski definition) is 8. The summed E-state index contributed by atoms with van der Waals surface area (Å²) in [6.07, 6.45) is 1.39. The van der Waals surface area contributed by atoms with E-state index in [0.29, 0.717) is 4.24 Å². The van der Waals surface area contributed by atoms with Crippen molar-refractivity contribution in [1.29, 1.82) is 0 Å². The van der Waals surface area contributed by atoms with Crippen LogP contribution in [0.4, 0.5) is 0 Å². The molecule has 3 heterocycles. The van der Waals surface area contributed by atoms with Crippen molar-refractivity contribution in [2.75, 3.05) is 6.61 Å². The minimum atomic E-state index is -1.08. The van der Waals surface area contributed by atoms with E-state index in [4.69, 9.17) is 4.74 Å². The molecule has 150 valence electrons. The van der Waals surface area contributed by atoms with Crippen LogP contribution in [0, 0.1) is 0 Å². The number of amides is 2. The van der Waals surface area contributed by atoms with Gasteiger partial charge in [0.05, 0.1) is 4.24 Å². The Morgan fingerprint density at radius 1 is 1.36 bits per heavy atom. The van der Waals surface area contributed by atoms with Crippen LogP contribution in [0.15, 0.2) is 33.3 Å². The number of rotatable bonds is 6. The Morgan fingerprint density at radius 3 is 2.57 bits per heavy atom. The zero-order valence-electron chi connectivity index (χ0n) is 15.0. The van der Waals surface area contributed by atoms with Crippen LogP contribution in [-0.4, -0.2) is 62.6 Å².